The zero-order valence-electron chi connectivity index (χ0n) is 21.8. The van der Waals surface area contributed by atoms with Crippen molar-refractivity contribution in [2.75, 3.05) is 27.4 Å². The summed E-state index contributed by atoms with van der Waals surface area (Å²) in [4.78, 5) is 32.4. The van der Waals surface area contributed by atoms with Gasteiger partial charge in [-0.15, -0.1) is 6.42 Å². The highest BCUT2D eigenvalue weighted by Crippen LogP contribution is 2.41. The van der Waals surface area contributed by atoms with Crippen LogP contribution < -0.4 is 29.1 Å². The predicted octanol–water partition coefficient (Wildman–Crippen LogP) is 4.80. The van der Waals surface area contributed by atoms with E-state index in [0.717, 1.165) is 7.14 Å². The van der Waals surface area contributed by atoms with Crippen LogP contribution in [0.4, 0.5) is 0 Å². The number of methoxy groups -OCH3 is 2. The van der Waals surface area contributed by atoms with Crippen molar-refractivity contribution in [1.29, 1.82) is 0 Å². The molecule has 0 bridgehead atoms. The van der Waals surface area contributed by atoms with Crippen LogP contribution in [0.3, 0.4) is 0 Å². The molecule has 0 saturated carbocycles. The number of halogens is 3. The summed E-state index contributed by atoms with van der Waals surface area (Å²) in [6.07, 6.45) is 7.19. The second-order valence-corrected chi connectivity index (χ2v) is 12.6. The molecule has 0 radical (unpaired) electrons. The predicted molar refractivity (Wildman–Crippen MR) is 174 cm³/mol. The SMILES string of the molecule is C#CCOc1c(I)cc(I)cc1/C=c1\sc2n(c1=O)[C@H](c1cc(OC)c(OC)cc1Br)C(C(=O)OCC)=C(C)N=2. The van der Waals surface area contributed by atoms with Gasteiger partial charge in [0.15, 0.2) is 16.3 Å². The molecule has 1 aliphatic rings. The number of thiazole rings is 1. The van der Waals surface area contributed by atoms with Gasteiger partial charge in [-0.2, -0.15) is 0 Å². The molecule has 0 N–H and O–H groups in total. The average Bonchev–Trinajstić information content (AvgIpc) is 3.21. The van der Waals surface area contributed by atoms with Crippen LogP contribution in [0, 0.1) is 19.5 Å². The van der Waals surface area contributed by atoms with Gasteiger partial charge in [-0.25, -0.2) is 9.79 Å². The summed E-state index contributed by atoms with van der Waals surface area (Å²) in [6, 6.07) is 6.54. The minimum atomic E-state index is -0.833. The molecule has 12 heteroatoms. The Hall–Kier alpha value is -2.35. The summed E-state index contributed by atoms with van der Waals surface area (Å²) in [7, 11) is 3.06. The Morgan fingerprint density at radius 3 is 2.58 bits per heavy atom. The lowest BCUT2D eigenvalue weighted by Crippen LogP contribution is -2.40. The number of benzene rings is 2. The molecule has 3 aromatic rings. The first-order chi connectivity index (χ1) is 19.1. The fraction of sp³-hybridized carbons (Fsp3) is 0.250. The van der Waals surface area contributed by atoms with E-state index in [1.54, 1.807) is 32.1 Å². The fourth-order valence-corrected chi connectivity index (χ4v) is 7.88. The van der Waals surface area contributed by atoms with E-state index in [4.69, 9.17) is 25.4 Å². The van der Waals surface area contributed by atoms with Gasteiger partial charge in [-0.05, 0) is 94.9 Å². The molecule has 0 spiro atoms. The van der Waals surface area contributed by atoms with Gasteiger partial charge in [-0.3, -0.25) is 9.36 Å². The summed E-state index contributed by atoms with van der Waals surface area (Å²) in [5.74, 6) is 3.47. The third kappa shape index (κ3) is 5.97. The van der Waals surface area contributed by atoms with Crippen molar-refractivity contribution in [2.24, 2.45) is 4.99 Å². The number of hydrogen-bond acceptors (Lipinski definition) is 8. The van der Waals surface area contributed by atoms with E-state index in [-0.39, 0.29) is 24.3 Å². The number of carbonyl (C=O) groups is 1. The van der Waals surface area contributed by atoms with E-state index < -0.39 is 12.0 Å². The van der Waals surface area contributed by atoms with Crippen LogP contribution in [-0.4, -0.2) is 38.0 Å². The van der Waals surface area contributed by atoms with Crippen molar-refractivity contribution in [2.45, 2.75) is 19.9 Å². The van der Waals surface area contributed by atoms with E-state index >= 15 is 0 Å². The maximum absolute atomic E-state index is 14.1. The molecule has 0 aliphatic carbocycles. The summed E-state index contributed by atoms with van der Waals surface area (Å²) >= 11 is 9.24. The summed E-state index contributed by atoms with van der Waals surface area (Å²) in [5.41, 5.74) is 1.73. The van der Waals surface area contributed by atoms with Crippen LogP contribution >= 0.6 is 72.4 Å². The van der Waals surface area contributed by atoms with Gasteiger partial charge < -0.3 is 18.9 Å². The Bertz CT molecular complexity index is 1760. The molecule has 1 atom stereocenters. The highest BCUT2D eigenvalue weighted by molar-refractivity contribution is 14.1. The number of rotatable bonds is 8. The average molecular weight is 849 g/mol. The summed E-state index contributed by atoms with van der Waals surface area (Å²) in [6.45, 7) is 3.73. The zero-order chi connectivity index (χ0) is 29.1. The third-order valence-corrected chi connectivity index (χ3v) is 9.03. The maximum Gasteiger partial charge on any atom is 0.338 e. The molecule has 0 amide bonds. The van der Waals surface area contributed by atoms with Crippen molar-refractivity contribution in [3.05, 3.63) is 78.0 Å². The molecule has 208 valence electrons. The first kappa shape index (κ1) is 30.6. The van der Waals surface area contributed by atoms with E-state index in [2.05, 4.69) is 72.0 Å². The highest BCUT2D eigenvalue weighted by Gasteiger charge is 2.35. The molecule has 4 rings (SSSR count). The number of nitrogens with zero attached hydrogens (tertiary/aromatic N) is 2. The first-order valence-corrected chi connectivity index (χ1v) is 15.6. The van der Waals surface area contributed by atoms with Crippen LogP contribution in [0.15, 0.2) is 49.8 Å². The fourth-order valence-electron chi connectivity index (χ4n) is 4.26. The Kier molecular flexibility index (Phi) is 10.0. The van der Waals surface area contributed by atoms with Crippen molar-refractivity contribution < 1.29 is 23.7 Å². The Labute approximate surface area is 270 Å². The number of hydrogen-bond donors (Lipinski definition) is 0. The molecule has 8 nitrogen and oxygen atoms in total. The van der Waals surface area contributed by atoms with Crippen LogP contribution in [-0.2, 0) is 9.53 Å². The smallest absolute Gasteiger partial charge is 0.338 e. The maximum atomic E-state index is 14.1. The third-order valence-electron chi connectivity index (χ3n) is 5.94. The van der Waals surface area contributed by atoms with E-state index in [1.165, 1.54) is 30.1 Å². The molecule has 0 saturated heterocycles. The Morgan fingerprint density at radius 2 is 1.93 bits per heavy atom. The monoisotopic (exact) mass is 848 g/mol. The minimum Gasteiger partial charge on any atom is -0.493 e. The van der Waals surface area contributed by atoms with Crippen LogP contribution in [0.5, 0.6) is 17.2 Å². The lowest BCUT2D eigenvalue weighted by Gasteiger charge is -2.26. The van der Waals surface area contributed by atoms with Crippen molar-refractivity contribution in [3.63, 3.8) is 0 Å². The molecule has 2 heterocycles. The van der Waals surface area contributed by atoms with Gasteiger partial charge in [0.05, 0.1) is 46.2 Å². The normalized spacial score (nSPS) is 14.8. The summed E-state index contributed by atoms with van der Waals surface area (Å²) in [5, 5.41) is 0. The van der Waals surface area contributed by atoms with Gasteiger partial charge in [0.25, 0.3) is 5.56 Å². The van der Waals surface area contributed by atoms with Crippen molar-refractivity contribution in [3.8, 4) is 29.6 Å². The molecule has 0 unspecified atom stereocenters. The topological polar surface area (TPSA) is 88.3 Å². The minimum absolute atomic E-state index is 0.0914. The number of esters is 1. The molecule has 40 heavy (non-hydrogen) atoms. The molecule has 0 fully saturated rings. The standard InChI is InChI=1S/C28H23BrI2N2O6S/c1-6-8-39-25-15(9-16(30)11-19(25)31)10-22-26(34)33-24(17-12-20(36-4)21(37-5)13-18(17)29)23(27(35)38-7-2)14(3)32-28(33)40-22/h1,9-13,24H,7-8H2,2-5H3/b22-10-/t24-/m1/s1. The molecular formula is C28H23BrI2N2O6S. The quantitative estimate of drug-likeness (QED) is 0.184. The van der Waals surface area contributed by atoms with Crippen LogP contribution in [0.2, 0.25) is 0 Å². The number of ether oxygens (including phenoxy) is 4. The van der Waals surface area contributed by atoms with Crippen molar-refractivity contribution in [1.82, 2.24) is 4.57 Å². The zero-order valence-corrected chi connectivity index (χ0v) is 28.6. The molecule has 2 aromatic carbocycles. The van der Waals surface area contributed by atoms with E-state index in [0.29, 0.717) is 47.9 Å². The second-order valence-electron chi connectivity index (χ2n) is 8.33. The van der Waals surface area contributed by atoms with E-state index in [9.17, 15) is 9.59 Å². The van der Waals surface area contributed by atoms with Crippen LogP contribution in [0.1, 0.15) is 31.0 Å². The molecule has 1 aliphatic heterocycles. The summed E-state index contributed by atoms with van der Waals surface area (Å²) < 4.78 is 26.6. The van der Waals surface area contributed by atoms with Gasteiger partial charge in [0.2, 0.25) is 0 Å². The largest absolute Gasteiger partial charge is 0.493 e. The number of allylic oxidation sites excluding steroid dienone is 1. The van der Waals surface area contributed by atoms with Gasteiger partial charge >= 0.3 is 5.97 Å². The first-order valence-electron chi connectivity index (χ1n) is 11.8. The second kappa shape index (κ2) is 13.1. The highest BCUT2D eigenvalue weighted by atomic mass is 127. The van der Waals surface area contributed by atoms with Gasteiger partial charge in [-0.1, -0.05) is 33.2 Å². The lowest BCUT2D eigenvalue weighted by atomic mass is 9.95. The Balaban J connectivity index is 2.02. The number of terminal acetylenes is 1. The molecule has 1 aromatic heterocycles. The van der Waals surface area contributed by atoms with Crippen LogP contribution in [0.25, 0.3) is 6.08 Å². The van der Waals surface area contributed by atoms with E-state index in [1.807, 2.05) is 12.1 Å². The number of carbonyl (C=O) groups excluding carboxylic acids is 1. The number of fused-ring (bicyclic) bond motifs is 1. The van der Waals surface area contributed by atoms with Gasteiger partial charge in [0.1, 0.15) is 12.4 Å². The Morgan fingerprint density at radius 1 is 1.23 bits per heavy atom. The van der Waals surface area contributed by atoms with Crippen molar-refractivity contribution >= 4 is 84.5 Å². The lowest BCUT2D eigenvalue weighted by molar-refractivity contribution is -0.139. The van der Waals surface area contributed by atoms with Gasteiger partial charge in [0, 0.05) is 13.6 Å². The number of aromatic nitrogens is 1. The molecular weight excluding hydrogens is 826 g/mol.